The Bertz CT molecular complexity index is 398. The van der Waals surface area contributed by atoms with Crippen LogP contribution in [-0.2, 0) is 6.42 Å². The van der Waals surface area contributed by atoms with Crippen LogP contribution in [0.3, 0.4) is 0 Å². The average Bonchev–Trinajstić information content (AvgIpc) is 2.69. The Morgan fingerprint density at radius 1 is 1.00 bits per heavy atom. The summed E-state index contributed by atoms with van der Waals surface area (Å²) in [6.07, 6.45) is 9.62. The van der Waals surface area contributed by atoms with Crippen LogP contribution in [0.2, 0.25) is 0 Å². The number of hydrogen-bond donors (Lipinski definition) is 1. The molecule has 3 atom stereocenters. The molecule has 2 aliphatic rings. The summed E-state index contributed by atoms with van der Waals surface area (Å²) < 4.78 is 0. The molecular formula is C17H25N. The Hall–Kier alpha value is -0.820. The summed E-state index contributed by atoms with van der Waals surface area (Å²) in [5.74, 6) is 0.847. The van der Waals surface area contributed by atoms with Crippen molar-refractivity contribution in [3.63, 3.8) is 0 Å². The van der Waals surface area contributed by atoms with E-state index in [4.69, 9.17) is 0 Å². The van der Waals surface area contributed by atoms with Gasteiger partial charge in [0.15, 0.2) is 0 Å². The van der Waals surface area contributed by atoms with Gasteiger partial charge in [0.05, 0.1) is 0 Å². The topological polar surface area (TPSA) is 12.0 Å². The second-order valence-corrected chi connectivity index (χ2v) is 6.18. The Kier molecular flexibility index (Phi) is 3.69. The maximum absolute atomic E-state index is 3.96. The van der Waals surface area contributed by atoms with Crippen LogP contribution in [0.15, 0.2) is 24.3 Å². The molecule has 98 valence electrons. The molecule has 0 amide bonds. The molecule has 0 saturated heterocycles. The summed E-state index contributed by atoms with van der Waals surface area (Å²) in [6.45, 7) is 2.43. The summed E-state index contributed by atoms with van der Waals surface area (Å²) in [5, 5.41) is 3.96. The van der Waals surface area contributed by atoms with E-state index in [-0.39, 0.29) is 0 Å². The predicted molar refractivity (Wildman–Crippen MR) is 76.7 cm³/mol. The minimum Gasteiger partial charge on any atom is -0.307 e. The molecular weight excluding hydrogens is 218 g/mol. The molecule has 0 heterocycles. The zero-order valence-corrected chi connectivity index (χ0v) is 11.5. The van der Waals surface area contributed by atoms with Crippen molar-refractivity contribution >= 4 is 0 Å². The normalized spacial score (nSPS) is 31.9. The third-order valence-corrected chi connectivity index (χ3v) is 4.91. The minimum absolute atomic E-state index is 0.617. The van der Waals surface area contributed by atoms with Crippen molar-refractivity contribution in [2.24, 2.45) is 5.92 Å². The first-order valence-corrected chi connectivity index (χ1v) is 7.68. The van der Waals surface area contributed by atoms with Gasteiger partial charge in [0.25, 0.3) is 0 Å². The molecule has 1 aromatic rings. The van der Waals surface area contributed by atoms with Crippen LogP contribution in [0.5, 0.6) is 0 Å². The van der Waals surface area contributed by atoms with Crippen molar-refractivity contribution < 1.29 is 0 Å². The second-order valence-electron chi connectivity index (χ2n) is 6.18. The number of nitrogens with one attached hydrogen (secondary N) is 1. The number of hydrogen-bond acceptors (Lipinski definition) is 1. The first kappa shape index (κ1) is 12.2. The van der Waals surface area contributed by atoms with Crippen molar-refractivity contribution in [2.45, 2.75) is 64.0 Å². The molecule has 0 bridgehead atoms. The monoisotopic (exact) mass is 243 g/mol. The van der Waals surface area contributed by atoms with E-state index in [1.165, 1.54) is 44.9 Å². The molecule has 3 unspecified atom stereocenters. The number of aryl methyl sites for hydroxylation is 1. The highest BCUT2D eigenvalue weighted by Crippen LogP contribution is 2.33. The quantitative estimate of drug-likeness (QED) is 0.766. The van der Waals surface area contributed by atoms with Crippen LogP contribution < -0.4 is 5.32 Å². The van der Waals surface area contributed by atoms with Gasteiger partial charge in [-0.05, 0) is 42.7 Å². The van der Waals surface area contributed by atoms with Gasteiger partial charge in [-0.1, -0.05) is 50.5 Å². The van der Waals surface area contributed by atoms with Crippen LogP contribution in [0.25, 0.3) is 0 Å². The van der Waals surface area contributed by atoms with Crippen molar-refractivity contribution in [1.82, 2.24) is 5.32 Å². The first-order valence-electron chi connectivity index (χ1n) is 7.68. The van der Waals surface area contributed by atoms with Crippen LogP contribution in [0.4, 0.5) is 0 Å². The molecule has 0 spiro atoms. The van der Waals surface area contributed by atoms with E-state index in [2.05, 4.69) is 36.5 Å². The van der Waals surface area contributed by atoms with E-state index in [9.17, 15) is 0 Å². The standard InChI is InChI=1S/C17H25N/c1-13-7-3-2-4-10-16(13)18-17-12-11-14-8-5-6-9-15(14)17/h5-6,8-9,13,16-18H,2-4,7,10-12H2,1H3. The third kappa shape index (κ3) is 2.47. The SMILES string of the molecule is CC1CCCCCC1NC1CCc2ccccc21. The summed E-state index contributed by atoms with van der Waals surface area (Å²) in [7, 11) is 0. The zero-order chi connectivity index (χ0) is 12.4. The molecule has 1 heteroatoms. The maximum Gasteiger partial charge on any atom is 0.0328 e. The average molecular weight is 243 g/mol. The Morgan fingerprint density at radius 3 is 2.78 bits per heavy atom. The van der Waals surface area contributed by atoms with E-state index >= 15 is 0 Å². The lowest BCUT2D eigenvalue weighted by molar-refractivity contribution is 0.321. The largest absolute Gasteiger partial charge is 0.307 e. The molecule has 0 aromatic heterocycles. The summed E-state index contributed by atoms with van der Waals surface area (Å²) in [4.78, 5) is 0. The van der Waals surface area contributed by atoms with E-state index in [1.54, 1.807) is 11.1 Å². The van der Waals surface area contributed by atoms with Gasteiger partial charge in [0, 0.05) is 12.1 Å². The highest BCUT2D eigenvalue weighted by molar-refractivity contribution is 5.34. The van der Waals surface area contributed by atoms with Crippen molar-refractivity contribution in [3.05, 3.63) is 35.4 Å². The second kappa shape index (κ2) is 5.44. The number of rotatable bonds is 2. The predicted octanol–water partition coefficient (Wildman–Crippen LogP) is 4.23. The fraction of sp³-hybridized carbons (Fsp3) is 0.647. The lowest BCUT2D eigenvalue weighted by atomic mass is 9.95. The van der Waals surface area contributed by atoms with Crippen LogP contribution >= 0.6 is 0 Å². The Balaban J connectivity index is 1.70. The van der Waals surface area contributed by atoms with Gasteiger partial charge in [-0.15, -0.1) is 0 Å². The van der Waals surface area contributed by atoms with Gasteiger partial charge in [-0.25, -0.2) is 0 Å². The van der Waals surface area contributed by atoms with Crippen LogP contribution in [0.1, 0.15) is 62.6 Å². The molecule has 18 heavy (non-hydrogen) atoms. The molecule has 2 aliphatic carbocycles. The number of fused-ring (bicyclic) bond motifs is 1. The molecule has 1 fully saturated rings. The molecule has 1 nitrogen and oxygen atoms in total. The lowest BCUT2D eigenvalue weighted by Gasteiger charge is -2.27. The van der Waals surface area contributed by atoms with E-state index < -0.39 is 0 Å². The fourth-order valence-electron chi connectivity index (χ4n) is 3.73. The van der Waals surface area contributed by atoms with Gasteiger partial charge in [0.1, 0.15) is 0 Å². The van der Waals surface area contributed by atoms with Crippen LogP contribution in [0, 0.1) is 5.92 Å². The van der Waals surface area contributed by atoms with Gasteiger partial charge < -0.3 is 5.32 Å². The Morgan fingerprint density at radius 2 is 1.83 bits per heavy atom. The summed E-state index contributed by atoms with van der Waals surface area (Å²) in [5.41, 5.74) is 3.13. The van der Waals surface area contributed by atoms with E-state index in [0.717, 1.165) is 12.0 Å². The van der Waals surface area contributed by atoms with Gasteiger partial charge >= 0.3 is 0 Å². The smallest absolute Gasteiger partial charge is 0.0328 e. The summed E-state index contributed by atoms with van der Waals surface area (Å²) in [6, 6.07) is 10.3. The highest BCUT2D eigenvalue weighted by Gasteiger charge is 2.27. The zero-order valence-electron chi connectivity index (χ0n) is 11.5. The van der Waals surface area contributed by atoms with Gasteiger partial charge in [-0.2, -0.15) is 0 Å². The molecule has 0 aliphatic heterocycles. The van der Waals surface area contributed by atoms with Gasteiger partial charge in [0.2, 0.25) is 0 Å². The van der Waals surface area contributed by atoms with E-state index in [0.29, 0.717) is 6.04 Å². The summed E-state index contributed by atoms with van der Waals surface area (Å²) >= 11 is 0. The van der Waals surface area contributed by atoms with Crippen molar-refractivity contribution in [1.29, 1.82) is 0 Å². The maximum atomic E-state index is 3.96. The van der Waals surface area contributed by atoms with Crippen molar-refractivity contribution in [2.75, 3.05) is 0 Å². The molecule has 1 saturated carbocycles. The molecule has 1 aromatic carbocycles. The molecule has 3 rings (SSSR count). The fourth-order valence-corrected chi connectivity index (χ4v) is 3.73. The minimum atomic E-state index is 0.617. The lowest BCUT2D eigenvalue weighted by Crippen LogP contribution is -2.36. The Labute approximate surface area is 111 Å². The van der Waals surface area contributed by atoms with Crippen LogP contribution in [-0.4, -0.2) is 6.04 Å². The highest BCUT2D eigenvalue weighted by atomic mass is 15.0. The van der Waals surface area contributed by atoms with E-state index in [1.807, 2.05) is 0 Å². The van der Waals surface area contributed by atoms with Crippen molar-refractivity contribution in [3.8, 4) is 0 Å². The molecule has 0 radical (unpaired) electrons. The van der Waals surface area contributed by atoms with Gasteiger partial charge in [-0.3, -0.25) is 0 Å². The first-order chi connectivity index (χ1) is 8.84. The third-order valence-electron chi connectivity index (χ3n) is 4.91. The number of benzene rings is 1. The molecule has 1 N–H and O–H groups in total.